The van der Waals surface area contributed by atoms with Crippen LogP contribution in [0.5, 0.6) is 0 Å². The number of anilines is 1. The first-order chi connectivity index (χ1) is 8.65. The third kappa shape index (κ3) is 3.54. The van der Waals surface area contributed by atoms with E-state index in [1.807, 2.05) is 0 Å². The Morgan fingerprint density at radius 1 is 1.61 bits per heavy atom. The number of rotatable bonds is 5. The van der Waals surface area contributed by atoms with Gasteiger partial charge in [0.2, 0.25) is 0 Å². The summed E-state index contributed by atoms with van der Waals surface area (Å²) in [4.78, 5) is 14.2. The van der Waals surface area contributed by atoms with Crippen molar-refractivity contribution in [3.8, 4) is 0 Å². The van der Waals surface area contributed by atoms with Crippen LogP contribution < -0.4 is 5.32 Å². The fourth-order valence-electron chi connectivity index (χ4n) is 1.91. The number of ether oxygens (including phenoxy) is 1. The van der Waals surface area contributed by atoms with Gasteiger partial charge in [0, 0.05) is 13.2 Å². The van der Waals surface area contributed by atoms with Gasteiger partial charge in [-0.25, -0.2) is 4.98 Å². The van der Waals surface area contributed by atoms with Crippen LogP contribution in [0.2, 0.25) is 5.15 Å². The maximum Gasteiger partial charge on any atom is 0.276 e. The fraction of sp³-hybridized carbons (Fsp3) is 0.545. The van der Waals surface area contributed by atoms with Gasteiger partial charge in [0.05, 0.1) is 23.2 Å². The molecule has 2 rings (SSSR count). The number of nitrogens with one attached hydrogen (secondary N) is 1. The third-order valence-electron chi connectivity index (χ3n) is 2.79. The van der Waals surface area contributed by atoms with E-state index in [2.05, 4.69) is 10.3 Å². The van der Waals surface area contributed by atoms with Crippen LogP contribution in [0.15, 0.2) is 12.1 Å². The molecule has 0 radical (unpaired) electrons. The highest BCUT2D eigenvalue weighted by Gasteiger charge is 2.15. The summed E-state index contributed by atoms with van der Waals surface area (Å²) in [6.45, 7) is 1.49. The monoisotopic (exact) mass is 271 g/mol. The number of aromatic nitrogens is 1. The summed E-state index contributed by atoms with van der Waals surface area (Å²) in [6.07, 6.45) is 3.32. The molecule has 0 saturated carbocycles. The van der Waals surface area contributed by atoms with E-state index in [-0.39, 0.29) is 16.9 Å². The van der Waals surface area contributed by atoms with Gasteiger partial charge in [0.1, 0.15) is 11.0 Å². The Hall–Kier alpha value is -1.40. The summed E-state index contributed by atoms with van der Waals surface area (Å²) in [6, 6.07) is 2.61. The smallest absolute Gasteiger partial charge is 0.276 e. The maximum atomic E-state index is 10.7. The highest BCUT2D eigenvalue weighted by molar-refractivity contribution is 6.29. The summed E-state index contributed by atoms with van der Waals surface area (Å²) < 4.78 is 5.48. The number of hydrogen-bond donors (Lipinski definition) is 1. The van der Waals surface area contributed by atoms with Gasteiger partial charge in [0.15, 0.2) is 0 Å². The van der Waals surface area contributed by atoms with Crippen LogP contribution in [0, 0.1) is 10.1 Å². The number of pyridine rings is 1. The van der Waals surface area contributed by atoms with Crippen molar-refractivity contribution >= 4 is 23.1 Å². The third-order valence-corrected chi connectivity index (χ3v) is 2.98. The molecule has 0 aromatic carbocycles. The van der Waals surface area contributed by atoms with Crippen molar-refractivity contribution in [1.29, 1.82) is 0 Å². The van der Waals surface area contributed by atoms with Crippen molar-refractivity contribution < 1.29 is 9.66 Å². The van der Waals surface area contributed by atoms with E-state index in [1.54, 1.807) is 0 Å². The molecule has 7 heteroatoms. The fourth-order valence-corrected chi connectivity index (χ4v) is 2.12. The average molecular weight is 272 g/mol. The Morgan fingerprint density at radius 2 is 2.44 bits per heavy atom. The van der Waals surface area contributed by atoms with Gasteiger partial charge < -0.3 is 10.1 Å². The lowest BCUT2D eigenvalue weighted by atomic mass is 10.2. The number of nitro groups is 1. The number of hydrogen-bond acceptors (Lipinski definition) is 5. The van der Waals surface area contributed by atoms with Gasteiger partial charge >= 0.3 is 0 Å². The summed E-state index contributed by atoms with van der Waals surface area (Å²) in [5, 5.41) is 13.8. The molecule has 1 aromatic rings. The van der Waals surface area contributed by atoms with Crippen molar-refractivity contribution in [2.24, 2.45) is 0 Å². The lowest BCUT2D eigenvalue weighted by Crippen LogP contribution is -2.13. The predicted octanol–water partition coefficient (Wildman–Crippen LogP) is 2.62. The second-order valence-electron chi connectivity index (χ2n) is 4.14. The van der Waals surface area contributed by atoms with Crippen LogP contribution in [0.4, 0.5) is 11.5 Å². The minimum atomic E-state index is -0.487. The molecular formula is C11H14ClN3O3. The lowest BCUT2D eigenvalue weighted by molar-refractivity contribution is -0.384. The Bertz CT molecular complexity index is 436. The second kappa shape index (κ2) is 5.97. The van der Waals surface area contributed by atoms with Crippen molar-refractivity contribution in [3.05, 3.63) is 27.4 Å². The van der Waals surface area contributed by atoms with E-state index < -0.39 is 4.92 Å². The average Bonchev–Trinajstić information content (AvgIpc) is 2.81. The molecule has 1 aromatic heterocycles. The normalized spacial score (nSPS) is 18.8. The van der Waals surface area contributed by atoms with Crippen LogP contribution >= 0.6 is 11.6 Å². The van der Waals surface area contributed by atoms with Gasteiger partial charge in [-0.1, -0.05) is 11.6 Å². The summed E-state index contributed by atoms with van der Waals surface area (Å²) in [7, 11) is 0. The Kier molecular flexibility index (Phi) is 4.33. The minimum Gasteiger partial charge on any atom is -0.378 e. The van der Waals surface area contributed by atoms with Gasteiger partial charge in [0.25, 0.3) is 5.69 Å². The Morgan fingerprint density at radius 3 is 3.11 bits per heavy atom. The van der Waals surface area contributed by atoms with Crippen LogP contribution in [0.25, 0.3) is 0 Å². The zero-order valence-electron chi connectivity index (χ0n) is 9.76. The highest BCUT2D eigenvalue weighted by atomic mass is 35.5. The maximum absolute atomic E-state index is 10.7. The van der Waals surface area contributed by atoms with Gasteiger partial charge in [-0.2, -0.15) is 0 Å². The molecule has 0 amide bonds. The van der Waals surface area contributed by atoms with Crippen LogP contribution in [-0.2, 0) is 4.74 Å². The van der Waals surface area contributed by atoms with Crippen molar-refractivity contribution in [2.45, 2.75) is 25.4 Å². The van der Waals surface area contributed by atoms with Crippen LogP contribution in [0.1, 0.15) is 19.3 Å². The molecule has 0 spiro atoms. The SMILES string of the molecule is O=[N+]([O-])c1cc(Cl)nc(NCCC2CCCO2)c1. The van der Waals surface area contributed by atoms with Gasteiger partial charge in [-0.3, -0.25) is 10.1 Å². The molecule has 1 N–H and O–H groups in total. The standard InChI is InChI=1S/C11H14ClN3O3/c12-10-6-8(15(16)17)7-11(14-10)13-4-3-9-2-1-5-18-9/h6-7,9H,1-5H2,(H,13,14). The molecule has 1 unspecified atom stereocenters. The molecule has 1 aliphatic rings. The summed E-state index contributed by atoms with van der Waals surface area (Å²) in [5.74, 6) is 0.423. The molecule has 2 heterocycles. The zero-order chi connectivity index (χ0) is 13.0. The first-order valence-electron chi connectivity index (χ1n) is 5.82. The van der Waals surface area contributed by atoms with E-state index in [0.29, 0.717) is 12.4 Å². The second-order valence-corrected chi connectivity index (χ2v) is 4.53. The Labute approximate surface area is 109 Å². The van der Waals surface area contributed by atoms with Crippen LogP contribution in [0.3, 0.4) is 0 Å². The minimum absolute atomic E-state index is 0.0605. The van der Waals surface area contributed by atoms with E-state index >= 15 is 0 Å². The molecule has 6 nitrogen and oxygen atoms in total. The first kappa shape index (κ1) is 13.0. The van der Waals surface area contributed by atoms with E-state index in [4.69, 9.17) is 16.3 Å². The first-order valence-corrected chi connectivity index (χ1v) is 6.20. The molecule has 0 aliphatic carbocycles. The molecule has 0 bridgehead atoms. The lowest BCUT2D eigenvalue weighted by Gasteiger charge is -2.10. The zero-order valence-corrected chi connectivity index (χ0v) is 10.5. The molecule has 1 aliphatic heterocycles. The van der Waals surface area contributed by atoms with E-state index in [1.165, 1.54) is 12.1 Å². The number of halogens is 1. The molecular weight excluding hydrogens is 258 g/mol. The molecule has 1 fully saturated rings. The van der Waals surface area contributed by atoms with Gasteiger partial charge in [-0.15, -0.1) is 0 Å². The molecule has 18 heavy (non-hydrogen) atoms. The largest absolute Gasteiger partial charge is 0.378 e. The topological polar surface area (TPSA) is 77.3 Å². The van der Waals surface area contributed by atoms with E-state index in [9.17, 15) is 10.1 Å². The van der Waals surface area contributed by atoms with Crippen molar-refractivity contribution in [2.75, 3.05) is 18.5 Å². The summed E-state index contributed by atoms with van der Waals surface area (Å²) in [5.41, 5.74) is -0.0605. The van der Waals surface area contributed by atoms with E-state index in [0.717, 1.165) is 25.9 Å². The Balaban J connectivity index is 1.89. The highest BCUT2D eigenvalue weighted by Crippen LogP contribution is 2.21. The number of nitrogens with zero attached hydrogens (tertiary/aromatic N) is 2. The molecule has 1 saturated heterocycles. The van der Waals surface area contributed by atoms with Crippen molar-refractivity contribution in [3.63, 3.8) is 0 Å². The van der Waals surface area contributed by atoms with Crippen molar-refractivity contribution in [1.82, 2.24) is 4.98 Å². The molecule has 1 atom stereocenters. The molecule has 98 valence electrons. The predicted molar refractivity (Wildman–Crippen MR) is 68.0 cm³/mol. The van der Waals surface area contributed by atoms with Gasteiger partial charge in [-0.05, 0) is 19.3 Å². The summed E-state index contributed by atoms with van der Waals surface area (Å²) >= 11 is 5.72. The van der Waals surface area contributed by atoms with Crippen LogP contribution in [-0.4, -0.2) is 29.2 Å². The quantitative estimate of drug-likeness (QED) is 0.506.